The van der Waals surface area contributed by atoms with Crippen molar-refractivity contribution in [1.29, 1.82) is 0 Å². The van der Waals surface area contributed by atoms with E-state index in [-0.39, 0.29) is 0 Å². The largest absolute Gasteiger partial charge is 0.404 e. The number of nitrogens with zero attached hydrogens (tertiary/aromatic N) is 3. The fraction of sp³-hybridized carbons (Fsp3) is 0.278. The Morgan fingerprint density at radius 3 is 2.68 bits per heavy atom. The van der Waals surface area contributed by atoms with Crippen molar-refractivity contribution >= 4 is 35.9 Å². The topological polar surface area (TPSA) is 76.2 Å². The Bertz CT molecular complexity index is 772. The first-order chi connectivity index (χ1) is 12.1. The van der Waals surface area contributed by atoms with Crippen LogP contribution in [0, 0.1) is 0 Å². The van der Waals surface area contributed by atoms with Gasteiger partial charge in [-0.1, -0.05) is 38.1 Å². The second-order valence-electron chi connectivity index (χ2n) is 5.52. The Morgan fingerprint density at radius 2 is 2.04 bits per heavy atom. The summed E-state index contributed by atoms with van der Waals surface area (Å²) >= 11 is 2.93. The number of nitrogens with one attached hydrogen (secondary N) is 1. The molecular formula is C18H23N5S2. The fourth-order valence-electron chi connectivity index (χ4n) is 2.28. The first-order valence-electron chi connectivity index (χ1n) is 7.88. The second-order valence-corrected chi connectivity index (χ2v) is 7.23. The fourth-order valence-corrected chi connectivity index (χ4v) is 3.22. The van der Waals surface area contributed by atoms with Gasteiger partial charge in [-0.25, -0.2) is 9.97 Å². The molecule has 2 rings (SSSR count). The zero-order chi connectivity index (χ0) is 18.2. The van der Waals surface area contributed by atoms with Crippen LogP contribution in [-0.4, -0.2) is 29.5 Å². The third-order valence-electron chi connectivity index (χ3n) is 3.45. The van der Waals surface area contributed by atoms with E-state index >= 15 is 0 Å². The molecule has 0 bridgehead atoms. The third kappa shape index (κ3) is 5.24. The normalized spacial score (nSPS) is 12.1. The van der Waals surface area contributed by atoms with E-state index in [4.69, 9.17) is 10.7 Å². The molecule has 0 aliphatic heterocycles. The molecular weight excluding hydrogens is 350 g/mol. The van der Waals surface area contributed by atoms with Crippen molar-refractivity contribution in [3.63, 3.8) is 0 Å². The van der Waals surface area contributed by atoms with Crippen LogP contribution in [0.2, 0.25) is 0 Å². The highest BCUT2D eigenvalue weighted by atomic mass is 32.2. The molecule has 1 heterocycles. The summed E-state index contributed by atoms with van der Waals surface area (Å²) in [6.07, 6.45) is 5.19. The van der Waals surface area contributed by atoms with Crippen molar-refractivity contribution < 1.29 is 0 Å². The van der Waals surface area contributed by atoms with Crippen LogP contribution in [0.15, 0.2) is 51.5 Å². The molecule has 7 heteroatoms. The predicted octanol–water partition coefficient (Wildman–Crippen LogP) is 4.55. The van der Waals surface area contributed by atoms with Crippen LogP contribution in [0.25, 0.3) is 11.3 Å². The molecule has 0 aliphatic carbocycles. The molecule has 0 saturated heterocycles. The summed E-state index contributed by atoms with van der Waals surface area (Å²) in [5.74, 6) is 0.969. The average Bonchev–Trinajstić information content (AvgIpc) is 2.64. The summed E-state index contributed by atoms with van der Waals surface area (Å²) in [5.41, 5.74) is 8.91. The lowest BCUT2D eigenvalue weighted by atomic mass is 9.95. The number of anilines is 1. The number of allylic oxidation sites excluding steroid dienone is 1. The van der Waals surface area contributed by atoms with Crippen molar-refractivity contribution in [3.8, 4) is 11.3 Å². The molecule has 1 aromatic heterocycles. The molecule has 25 heavy (non-hydrogen) atoms. The molecule has 0 unspecified atom stereocenters. The quantitative estimate of drug-likeness (QED) is 0.321. The molecule has 0 saturated carbocycles. The van der Waals surface area contributed by atoms with Gasteiger partial charge in [0.15, 0.2) is 0 Å². The summed E-state index contributed by atoms with van der Waals surface area (Å²) < 4.78 is 3.16. The number of hydrogen-bond acceptors (Lipinski definition) is 7. The maximum atomic E-state index is 5.59. The van der Waals surface area contributed by atoms with Gasteiger partial charge in [-0.15, -0.1) is 11.8 Å². The predicted molar refractivity (Wildman–Crippen MR) is 111 cm³/mol. The summed E-state index contributed by atoms with van der Waals surface area (Å²) in [6.45, 7) is 4.37. The number of thioether (sulfide) groups is 1. The summed E-state index contributed by atoms with van der Waals surface area (Å²) in [5, 5.41) is 0.911. The van der Waals surface area contributed by atoms with Gasteiger partial charge in [-0.2, -0.15) is 0 Å². The number of aromatic nitrogens is 2. The van der Waals surface area contributed by atoms with Gasteiger partial charge in [0.05, 0.1) is 10.6 Å². The zero-order valence-electron chi connectivity index (χ0n) is 14.9. The highest BCUT2D eigenvalue weighted by Gasteiger charge is 2.12. The van der Waals surface area contributed by atoms with Crippen LogP contribution in [-0.2, 0) is 0 Å². The summed E-state index contributed by atoms with van der Waals surface area (Å²) in [6, 6.07) is 10.4. The monoisotopic (exact) mass is 373 g/mol. The molecule has 132 valence electrons. The van der Waals surface area contributed by atoms with Crippen LogP contribution >= 0.6 is 23.7 Å². The minimum absolute atomic E-state index is 0.419. The Balaban J connectivity index is 2.38. The Kier molecular flexibility index (Phi) is 7.33. The Morgan fingerprint density at radius 1 is 1.28 bits per heavy atom. The minimum atomic E-state index is 0.419. The molecule has 0 atom stereocenters. The lowest BCUT2D eigenvalue weighted by Crippen LogP contribution is -2.01. The molecule has 0 radical (unpaired) electrons. The number of benzene rings is 1. The van der Waals surface area contributed by atoms with Crippen LogP contribution in [0.4, 0.5) is 5.95 Å². The van der Waals surface area contributed by atoms with E-state index in [1.807, 2.05) is 18.4 Å². The second kappa shape index (κ2) is 9.48. The maximum Gasteiger partial charge on any atom is 0.234 e. The number of rotatable bonds is 7. The lowest BCUT2D eigenvalue weighted by Gasteiger charge is -2.14. The van der Waals surface area contributed by atoms with Gasteiger partial charge in [0, 0.05) is 25.0 Å². The van der Waals surface area contributed by atoms with Crippen molar-refractivity contribution in [3.05, 3.63) is 47.0 Å². The molecule has 1 aromatic carbocycles. The third-order valence-corrected chi connectivity index (χ3v) is 4.84. The van der Waals surface area contributed by atoms with Crippen molar-refractivity contribution in [2.24, 2.45) is 10.7 Å². The van der Waals surface area contributed by atoms with Gasteiger partial charge in [0.25, 0.3) is 0 Å². The van der Waals surface area contributed by atoms with Gasteiger partial charge in [-0.3, -0.25) is 9.71 Å². The van der Waals surface area contributed by atoms with Crippen LogP contribution in [0.3, 0.4) is 0 Å². The standard InChI is InChI=1S/C18H23N5S2/c1-12(2)14-7-5-6-8-15(14)16-9-17(24-4)22-18(21-16)23-25-13(10-19)11-20-3/h5-12H,19H2,1-4H3,(H,21,22,23). The minimum Gasteiger partial charge on any atom is -0.404 e. The Labute approximate surface area is 157 Å². The molecule has 0 spiro atoms. The number of aliphatic imine (C=N–C) groups is 1. The molecule has 5 nitrogen and oxygen atoms in total. The lowest BCUT2D eigenvalue weighted by molar-refractivity contribution is 0.867. The van der Waals surface area contributed by atoms with E-state index in [0.717, 1.165) is 21.2 Å². The Hall–Kier alpha value is -1.99. The van der Waals surface area contributed by atoms with Crippen LogP contribution in [0.5, 0.6) is 0 Å². The highest BCUT2D eigenvalue weighted by Crippen LogP contribution is 2.30. The average molecular weight is 374 g/mol. The van der Waals surface area contributed by atoms with Crippen LogP contribution in [0.1, 0.15) is 25.3 Å². The van der Waals surface area contributed by atoms with Crippen LogP contribution < -0.4 is 10.5 Å². The van der Waals surface area contributed by atoms with E-state index in [2.05, 4.69) is 46.7 Å². The van der Waals surface area contributed by atoms with Gasteiger partial charge in [0.1, 0.15) is 5.03 Å². The molecule has 0 fully saturated rings. The first-order valence-corrected chi connectivity index (χ1v) is 9.92. The smallest absolute Gasteiger partial charge is 0.234 e. The van der Waals surface area contributed by atoms with Crippen molar-refractivity contribution in [2.75, 3.05) is 18.0 Å². The summed E-state index contributed by atoms with van der Waals surface area (Å²) in [7, 11) is 1.70. The number of hydrogen-bond donors (Lipinski definition) is 2. The first kappa shape index (κ1) is 19.3. The van der Waals surface area contributed by atoms with Gasteiger partial charge < -0.3 is 5.73 Å². The zero-order valence-corrected chi connectivity index (χ0v) is 16.5. The van der Waals surface area contributed by atoms with Gasteiger partial charge in [0.2, 0.25) is 5.95 Å². The van der Waals surface area contributed by atoms with Gasteiger partial charge >= 0.3 is 0 Å². The molecule has 0 amide bonds. The van der Waals surface area contributed by atoms with E-state index in [1.54, 1.807) is 25.0 Å². The van der Waals surface area contributed by atoms with E-state index < -0.39 is 0 Å². The van der Waals surface area contributed by atoms with Gasteiger partial charge in [-0.05, 0) is 35.8 Å². The SMILES string of the molecule is CN=CC(=CN)SNc1nc(SC)cc(-c2ccccc2C(C)C)n1. The number of nitrogens with two attached hydrogens (primary N) is 1. The van der Waals surface area contributed by atoms with Crippen molar-refractivity contribution in [1.82, 2.24) is 9.97 Å². The summed E-state index contributed by atoms with van der Waals surface area (Å²) in [4.78, 5) is 14.0. The maximum absolute atomic E-state index is 5.59. The van der Waals surface area contributed by atoms with Crippen molar-refractivity contribution in [2.45, 2.75) is 24.8 Å². The van der Waals surface area contributed by atoms with E-state index in [9.17, 15) is 0 Å². The highest BCUT2D eigenvalue weighted by molar-refractivity contribution is 8.05. The van der Waals surface area contributed by atoms with E-state index in [0.29, 0.717) is 11.9 Å². The van der Waals surface area contributed by atoms with E-state index in [1.165, 1.54) is 23.7 Å². The molecule has 2 aromatic rings. The molecule has 0 aliphatic rings. The molecule has 3 N–H and O–H groups in total.